The van der Waals surface area contributed by atoms with E-state index < -0.39 is 0 Å². The minimum Gasteiger partial charge on any atom is -0.379 e. The number of piperidine rings is 1. The van der Waals surface area contributed by atoms with Crippen LogP contribution in [0.5, 0.6) is 0 Å². The normalized spacial score (nSPS) is 22.6. The second-order valence-corrected chi connectivity index (χ2v) is 5.23. The van der Waals surface area contributed by atoms with Crippen molar-refractivity contribution in [3.8, 4) is 0 Å². The maximum Gasteiger partial charge on any atom is 0.272 e. The molecule has 5 heteroatoms. The number of anilines is 1. The summed E-state index contributed by atoms with van der Waals surface area (Å²) in [6, 6.07) is 5.50. The van der Waals surface area contributed by atoms with Gasteiger partial charge in [0.25, 0.3) is 5.91 Å². The van der Waals surface area contributed by atoms with Crippen molar-refractivity contribution in [2.45, 2.75) is 26.4 Å². The summed E-state index contributed by atoms with van der Waals surface area (Å²) in [4.78, 5) is 18.7. The number of rotatable bonds is 4. The van der Waals surface area contributed by atoms with E-state index in [4.69, 9.17) is 4.74 Å². The van der Waals surface area contributed by atoms with E-state index in [0.717, 1.165) is 25.3 Å². The molecule has 1 aliphatic heterocycles. The van der Waals surface area contributed by atoms with Gasteiger partial charge >= 0.3 is 0 Å². The van der Waals surface area contributed by atoms with E-state index in [1.54, 1.807) is 13.2 Å². The van der Waals surface area contributed by atoms with Crippen molar-refractivity contribution in [3.63, 3.8) is 0 Å². The molecular weight excluding hydrogens is 254 g/mol. The van der Waals surface area contributed by atoms with Crippen LogP contribution in [0, 0.1) is 5.92 Å². The molecule has 2 unspecified atom stereocenters. The summed E-state index contributed by atoms with van der Waals surface area (Å²) in [5, 5.41) is 3.13. The lowest BCUT2D eigenvalue weighted by atomic mass is 9.95. The van der Waals surface area contributed by atoms with Crippen LogP contribution in [0.1, 0.15) is 30.8 Å². The van der Waals surface area contributed by atoms with E-state index >= 15 is 0 Å². The average Bonchev–Trinajstić information content (AvgIpc) is 2.48. The van der Waals surface area contributed by atoms with Gasteiger partial charge in [0.15, 0.2) is 0 Å². The van der Waals surface area contributed by atoms with Crippen LogP contribution in [0.3, 0.4) is 0 Å². The molecule has 0 bridgehead atoms. The molecule has 110 valence electrons. The molecule has 0 aliphatic carbocycles. The Balaban J connectivity index is 2.09. The minimum atomic E-state index is -0.0151. The molecule has 1 aromatic heterocycles. The molecule has 0 radical (unpaired) electrons. The molecule has 0 saturated carbocycles. The van der Waals surface area contributed by atoms with Gasteiger partial charge in [0.2, 0.25) is 0 Å². The van der Waals surface area contributed by atoms with E-state index in [-0.39, 0.29) is 12.0 Å². The molecule has 1 fully saturated rings. The van der Waals surface area contributed by atoms with Gasteiger partial charge in [-0.1, -0.05) is 13.0 Å². The van der Waals surface area contributed by atoms with Gasteiger partial charge in [-0.15, -0.1) is 0 Å². The van der Waals surface area contributed by atoms with Crippen LogP contribution in [0.4, 0.5) is 5.82 Å². The van der Waals surface area contributed by atoms with Crippen molar-refractivity contribution in [3.05, 3.63) is 23.9 Å². The molecule has 2 rings (SSSR count). The molecular formula is C15H23N3O2. The number of ether oxygens (including phenoxy) is 1. The van der Waals surface area contributed by atoms with Crippen LogP contribution in [0.15, 0.2) is 18.2 Å². The molecule has 0 aromatic carbocycles. The maximum absolute atomic E-state index is 12.5. The maximum atomic E-state index is 12.5. The SMILES string of the molecule is CCNc1cccc(C(=O)N2CCC(C)C(OC)C2)n1. The fourth-order valence-electron chi connectivity index (χ4n) is 2.52. The molecule has 1 saturated heterocycles. The predicted molar refractivity (Wildman–Crippen MR) is 78.9 cm³/mol. The van der Waals surface area contributed by atoms with Crippen LogP contribution in [-0.2, 0) is 4.74 Å². The van der Waals surface area contributed by atoms with Crippen molar-refractivity contribution in [1.82, 2.24) is 9.88 Å². The number of nitrogens with one attached hydrogen (secondary N) is 1. The second kappa shape index (κ2) is 6.70. The van der Waals surface area contributed by atoms with Gasteiger partial charge in [0.1, 0.15) is 11.5 Å². The zero-order chi connectivity index (χ0) is 14.5. The predicted octanol–water partition coefficient (Wildman–Crippen LogP) is 2.01. The number of carbonyl (C=O) groups excluding carboxylic acids is 1. The van der Waals surface area contributed by atoms with Gasteiger partial charge in [-0.25, -0.2) is 4.98 Å². The number of hydrogen-bond donors (Lipinski definition) is 1. The lowest BCUT2D eigenvalue weighted by Gasteiger charge is -2.36. The Hall–Kier alpha value is -1.62. The fraction of sp³-hybridized carbons (Fsp3) is 0.600. The number of methoxy groups -OCH3 is 1. The minimum absolute atomic E-state index is 0.0151. The van der Waals surface area contributed by atoms with Crippen LogP contribution >= 0.6 is 0 Å². The van der Waals surface area contributed by atoms with Gasteiger partial charge in [-0.05, 0) is 31.4 Å². The summed E-state index contributed by atoms with van der Waals surface area (Å²) in [7, 11) is 1.71. The first kappa shape index (κ1) is 14.8. The van der Waals surface area contributed by atoms with Crippen molar-refractivity contribution in [2.24, 2.45) is 5.92 Å². The van der Waals surface area contributed by atoms with E-state index in [0.29, 0.717) is 18.2 Å². The van der Waals surface area contributed by atoms with E-state index in [1.807, 2.05) is 24.0 Å². The highest BCUT2D eigenvalue weighted by molar-refractivity contribution is 5.92. The van der Waals surface area contributed by atoms with Gasteiger partial charge in [0, 0.05) is 26.7 Å². The highest BCUT2D eigenvalue weighted by Crippen LogP contribution is 2.21. The number of pyridine rings is 1. The molecule has 20 heavy (non-hydrogen) atoms. The van der Waals surface area contributed by atoms with Crippen molar-refractivity contribution >= 4 is 11.7 Å². The summed E-state index contributed by atoms with van der Waals surface area (Å²) >= 11 is 0. The molecule has 1 aliphatic rings. The fourth-order valence-corrected chi connectivity index (χ4v) is 2.52. The second-order valence-electron chi connectivity index (χ2n) is 5.23. The summed E-state index contributed by atoms with van der Waals surface area (Å²) in [5.41, 5.74) is 0.493. The molecule has 5 nitrogen and oxygen atoms in total. The van der Waals surface area contributed by atoms with E-state index in [2.05, 4.69) is 17.2 Å². The molecule has 1 amide bonds. The molecule has 1 aromatic rings. The Morgan fingerprint density at radius 2 is 2.35 bits per heavy atom. The Labute approximate surface area is 120 Å². The third-order valence-electron chi connectivity index (χ3n) is 3.81. The first-order valence-corrected chi connectivity index (χ1v) is 7.18. The molecule has 0 spiro atoms. The highest BCUT2D eigenvalue weighted by atomic mass is 16.5. The standard InChI is InChI=1S/C15H23N3O2/c1-4-16-14-7-5-6-12(17-14)15(19)18-9-8-11(2)13(10-18)20-3/h5-7,11,13H,4,8-10H2,1-3H3,(H,16,17). The van der Waals surface area contributed by atoms with E-state index in [1.165, 1.54) is 0 Å². The lowest BCUT2D eigenvalue weighted by molar-refractivity contribution is -0.00176. The number of aromatic nitrogens is 1. The number of hydrogen-bond acceptors (Lipinski definition) is 4. The Bertz CT molecular complexity index is 464. The van der Waals surface area contributed by atoms with Gasteiger partial charge in [-0.3, -0.25) is 4.79 Å². The first-order valence-electron chi connectivity index (χ1n) is 7.18. The van der Waals surface area contributed by atoms with Crippen LogP contribution in [-0.4, -0.2) is 48.6 Å². The van der Waals surface area contributed by atoms with Crippen molar-refractivity contribution in [1.29, 1.82) is 0 Å². The van der Waals surface area contributed by atoms with Gasteiger partial charge in [0.05, 0.1) is 6.10 Å². The Kier molecular flexibility index (Phi) is 4.95. The van der Waals surface area contributed by atoms with Crippen LogP contribution in [0.25, 0.3) is 0 Å². The monoisotopic (exact) mass is 277 g/mol. The van der Waals surface area contributed by atoms with Crippen molar-refractivity contribution in [2.75, 3.05) is 32.1 Å². The summed E-state index contributed by atoms with van der Waals surface area (Å²) < 4.78 is 5.46. The number of carbonyl (C=O) groups is 1. The third-order valence-corrected chi connectivity index (χ3v) is 3.81. The van der Waals surface area contributed by atoms with Gasteiger partial charge in [-0.2, -0.15) is 0 Å². The van der Waals surface area contributed by atoms with Crippen LogP contribution in [0.2, 0.25) is 0 Å². The number of amides is 1. The summed E-state index contributed by atoms with van der Waals surface area (Å²) in [6.07, 6.45) is 1.08. The Morgan fingerprint density at radius 1 is 1.55 bits per heavy atom. The average molecular weight is 277 g/mol. The number of likely N-dealkylation sites (tertiary alicyclic amines) is 1. The topological polar surface area (TPSA) is 54.5 Å². The third kappa shape index (κ3) is 3.28. The Morgan fingerprint density at radius 3 is 3.05 bits per heavy atom. The molecule has 1 N–H and O–H groups in total. The summed E-state index contributed by atoms with van der Waals surface area (Å²) in [6.45, 7) is 6.37. The van der Waals surface area contributed by atoms with Gasteiger partial charge < -0.3 is 15.0 Å². The highest BCUT2D eigenvalue weighted by Gasteiger charge is 2.29. The number of nitrogens with zero attached hydrogens (tertiary/aromatic N) is 2. The zero-order valence-corrected chi connectivity index (χ0v) is 12.4. The zero-order valence-electron chi connectivity index (χ0n) is 12.4. The lowest BCUT2D eigenvalue weighted by Crippen LogP contribution is -2.46. The summed E-state index contributed by atoms with van der Waals surface area (Å²) in [5.74, 6) is 1.22. The molecule has 2 heterocycles. The smallest absolute Gasteiger partial charge is 0.272 e. The first-order chi connectivity index (χ1) is 9.65. The van der Waals surface area contributed by atoms with Crippen molar-refractivity contribution < 1.29 is 9.53 Å². The van der Waals surface area contributed by atoms with E-state index in [9.17, 15) is 4.79 Å². The largest absolute Gasteiger partial charge is 0.379 e. The quantitative estimate of drug-likeness (QED) is 0.914. The molecule has 2 atom stereocenters. The van der Waals surface area contributed by atoms with Crippen LogP contribution < -0.4 is 5.32 Å².